The van der Waals surface area contributed by atoms with Crippen molar-refractivity contribution >= 4 is 135 Å². The predicted octanol–water partition coefficient (Wildman–Crippen LogP) is 16.9. The van der Waals surface area contributed by atoms with E-state index < -0.39 is 35.6 Å². The van der Waals surface area contributed by atoms with Crippen LogP contribution in [-0.2, 0) is 25.6 Å². The Morgan fingerprint density at radius 2 is 1.13 bits per heavy atom. The first kappa shape index (κ1) is 76.3. The molecule has 0 saturated carbocycles. The van der Waals surface area contributed by atoms with E-state index in [4.69, 9.17) is 14.5 Å². The second-order valence-corrected chi connectivity index (χ2v) is 31.3. The topological polar surface area (TPSA) is 277 Å². The smallest absolute Gasteiger partial charge is 0.550 e. The van der Waals surface area contributed by atoms with Crippen molar-refractivity contribution in [1.82, 2.24) is 9.97 Å². The molecule has 15 nitrogen and oxygen atoms in total. The largest absolute Gasteiger partial charge is 1.00 e. The van der Waals surface area contributed by atoms with Crippen LogP contribution < -0.4 is 34.7 Å². The Labute approximate surface area is 673 Å². The van der Waals surface area contributed by atoms with E-state index in [1.807, 2.05) is 197 Å². The van der Waals surface area contributed by atoms with Gasteiger partial charge in [0.25, 0.3) is 0 Å². The maximum absolute atomic E-state index is 12.2. The zero-order chi connectivity index (χ0) is 78.3. The molecule has 19 heteroatoms. The Morgan fingerprint density at radius 3 is 1.69 bits per heavy atom. The first-order valence-electron chi connectivity index (χ1n) is 36.1. The number of carbonyl (C=O) groups is 4. The van der Waals surface area contributed by atoms with Gasteiger partial charge in [0.15, 0.2) is 0 Å². The van der Waals surface area contributed by atoms with Crippen LogP contribution in [-0.4, -0.2) is 66.8 Å². The van der Waals surface area contributed by atoms with Gasteiger partial charge in [-0.25, -0.2) is 0 Å². The molecule has 7 unspecified atom stereocenters. The molecule has 109 heavy (non-hydrogen) atoms. The molecule has 0 radical (unpaired) electrons. The first-order chi connectivity index (χ1) is 52.7. The van der Waals surface area contributed by atoms with Gasteiger partial charge in [0, 0.05) is 136 Å². The molecule has 11 aromatic rings. The molecular formula is C90H77N8NaO7S3. The summed E-state index contributed by atoms with van der Waals surface area (Å²) >= 11 is 4.91. The fourth-order valence-electron chi connectivity index (χ4n) is 13.7. The SMILES string of the molecule is C.CC(C)(Cc1ccc2cncc(-c3ccc(C#N)cc3)c2c1)C(=O)O.CC(CC(=O)O)c1cc2cncc(-c3ccc(C#N)c4ccccc34)c2s1.CC(CC(=O)[O-])C1=CC2C=NC=C(c3ccc(C#N)c4ccccc34)C2S1.[2H]C([2H])([2H])C(C)(CC1=CC2C(c3ccc(C#N)c4ccccc34)=CN=CC2S1)C(C)=O.[Na+]. The van der Waals surface area contributed by atoms with Crippen molar-refractivity contribution in [3.05, 3.63) is 261 Å². The fourth-order valence-corrected chi connectivity index (χ4v) is 17.9. The van der Waals surface area contributed by atoms with Crippen molar-refractivity contribution in [3.63, 3.8) is 0 Å². The number of thioether (sulfide) groups is 2. The summed E-state index contributed by atoms with van der Waals surface area (Å²) in [6, 6.07) is 59.4. The van der Waals surface area contributed by atoms with E-state index >= 15 is 0 Å². The van der Waals surface area contributed by atoms with Gasteiger partial charge in [0.05, 0.1) is 63.6 Å². The quantitative estimate of drug-likeness (QED) is 0.0851. The van der Waals surface area contributed by atoms with Crippen LogP contribution in [0.1, 0.15) is 129 Å². The molecule has 4 aliphatic rings. The molecule has 0 spiro atoms. The van der Waals surface area contributed by atoms with Crippen molar-refractivity contribution in [1.29, 1.82) is 21.0 Å². The summed E-state index contributed by atoms with van der Waals surface area (Å²) < 4.78 is 24.8. The van der Waals surface area contributed by atoms with E-state index in [2.05, 4.69) is 56.4 Å². The molecule has 0 saturated heterocycles. The van der Waals surface area contributed by atoms with Crippen LogP contribution in [0.25, 0.3) is 86.6 Å². The second kappa shape index (κ2) is 35.0. The predicted molar refractivity (Wildman–Crippen MR) is 436 cm³/mol. The number of aliphatic imine (C=N–C) groups is 2. The molecule has 0 aliphatic carbocycles. The zero-order valence-electron chi connectivity index (χ0n) is 63.3. The average Bonchev–Trinajstić information content (AvgIpc) is 1.48. The van der Waals surface area contributed by atoms with E-state index in [0.717, 1.165) is 118 Å². The first-order valence-corrected chi connectivity index (χ1v) is 37.2. The molecule has 3 aromatic heterocycles. The molecule has 7 atom stereocenters. The van der Waals surface area contributed by atoms with Crippen LogP contribution in [0.3, 0.4) is 0 Å². The number of aromatic nitrogens is 2. The standard InChI is InChI=1S/C24H22N2OS.C22H18N2O2S.C22H16N2O2S.C21H18N2O2.CH4.Na/c1-15(27)24(2,3)11-17-10-21-22(13-26-14-23(21)28-17)20-9-8-16(12-25)18-6-4-5-7-19(18)20;2*1-13(8-21(25)26)20-9-15-11-24-12-19(22(15)27-20)18-7-6-14(10-23)16-4-2-3-5-17(16)18;1-21(2,20(24)25)10-15-5-8-17-12-23-13-19(18(17)9-15)16-6-3-14(11-22)4-7-16;;/h4-10,13-14,21,23H,11H2,1-3H3;2-7,9,11-13,15,22H,8H2,1H3,(H,25,26);2-7,9,11-13H,8H2,1H3,(H,25,26);3-9,12-13H,10H2,1-2H3,(H,24,25);1H4;/q;;;;;+1/p-1/i2D3;;;;;. The van der Waals surface area contributed by atoms with E-state index in [-0.39, 0.29) is 96.2 Å². The van der Waals surface area contributed by atoms with Gasteiger partial charge in [-0.15, -0.1) is 34.9 Å². The number of ketones is 1. The van der Waals surface area contributed by atoms with Gasteiger partial charge in [0.2, 0.25) is 0 Å². The number of hydrogen-bond donors (Lipinski definition) is 2. The van der Waals surface area contributed by atoms with E-state index in [0.29, 0.717) is 28.7 Å². The maximum atomic E-state index is 12.2. The zero-order valence-corrected chi connectivity index (χ0v) is 64.8. The number of hydrogen-bond acceptors (Lipinski definition) is 16. The average molecular weight is 1500 g/mol. The summed E-state index contributed by atoms with van der Waals surface area (Å²) in [5.41, 5.74) is 9.51. The summed E-state index contributed by atoms with van der Waals surface area (Å²) in [5.74, 6) is -2.91. The van der Waals surface area contributed by atoms with Crippen molar-refractivity contribution < 1.29 is 68.2 Å². The van der Waals surface area contributed by atoms with Gasteiger partial charge in [-0.1, -0.05) is 169 Å². The molecular weight excluding hydrogens is 1420 g/mol. The number of thiophene rings is 1. The van der Waals surface area contributed by atoms with Gasteiger partial charge < -0.3 is 20.1 Å². The Balaban J connectivity index is 0.000000158. The van der Waals surface area contributed by atoms with Crippen molar-refractivity contribution in [2.24, 2.45) is 38.6 Å². The number of nitrogens with zero attached hydrogens (tertiary/aromatic N) is 8. The third-order valence-electron chi connectivity index (χ3n) is 19.7. The molecule has 8 aromatic carbocycles. The molecule has 0 bridgehead atoms. The summed E-state index contributed by atoms with van der Waals surface area (Å²) in [6.45, 7) is 7.83. The Bertz CT molecular complexity index is 5920. The maximum Gasteiger partial charge on any atom is 1.00 e. The number of carboxylic acids is 3. The number of allylic oxidation sites excluding steroid dienone is 5. The van der Waals surface area contributed by atoms with E-state index in [9.17, 15) is 45.2 Å². The van der Waals surface area contributed by atoms with Crippen molar-refractivity contribution in [2.75, 3.05) is 0 Å². The summed E-state index contributed by atoms with van der Waals surface area (Å²) in [6.07, 6.45) is 19.8. The van der Waals surface area contributed by atoms with Gasteiger partial charge in [-0.3, -0.25) is 34.3 Å². The molecule has 0 amide bonds. The molecule has 7 heterocycles. The van der Waals surface area contributed by atoms with Crippen molar-refractivity contribution in [3.8, 4) is 46.5 Å². The van der Waals surface area contributed by atoms with Gasteiger partial charge in [-0.05, 0) is 153 Å². The minimum Gasteiger partial charge on any atom is -0.550 e. The molecule has 0 fully saturated rings. The monoisotopic (exact) mass is 1500 g/mol. The molecule has 15 rings (SSSR count). The van der Waals surface area contributed by atoms with Crippen LogP contribution in [0.2, 0.25) is 0 Å². The normalized spacial score (nSPS) is 17.4. The number of pyridine rings is 2. The van der Waals surface area contributed by atoms with Crippen molar-refractivity contribution in [2.45, 2.75) is 97.9 Å². The van der Waals surface area contributed by atoms with Crippen LogP contribution in [0.4, 0.5) is 0 Å². The number of rotatable bonds is 16. The van der Waals surface area contributed by atoms with Gasteiger partial charge in [0.1, 0.15) is 5.78 Å². The summed E-state index contributed by atoms with van der Waals surface area (Å²) in [4.78, 5) is 66.3. The number of fused-ring (bicyclic) bond motifs is 7. The van der Waals surface area contributed by atoms with Crippen LogP contribution >= 0.6 is 34.9 Å². The molecule has 538 valence electrons. The number of carbonyl (C=O) groups excluding carboxylic acids is 2. The Hall–Kier alpha value is -10.9. The fraction of sp³-hybridized carbons (Fsp3) is 0.222. The Morgan fingerprint density at radius 1 is 0.578 bits per heavy atom. The van der Waals surface area contributed by atoms with Crippen LogP contribution in [0.5, 0.6) is 0 Å². The minimum absolute atomic E-state index is 0. The third kappa shape index (κ3) is 17.8. The van der Waals surface area contributed by atoms with Gasteiger partial charge in [-0.2, -0.15) is 21.0 Å². The third-order valence-corrected chi connectivity index (χ3v) is 24.0. The molecule has 2 N–H and O–H groups in total. The molecule has 4 aliphatic heterocycles. The van der Waals surface area contributed by atoms with Crippen LogP contribution in [0.15, 0.2) is 227 Å². The number of nitriles is 4. The second-order valence-electron chi connectivity index (χ2n) is 27.7. The number of carboxylic acid groups (broad SMARTS) is 3. The van der Waals surface area contributed by atoms with E-state index in [1.54, 1.807) is 73.2 Å². The summed E-state index contributed by atoms with van der Waals surface area (Å²) in [5, 5.41) is 75.7. The number of Topliss-reactive ketones (excluding diaryl/α,β-unsaturated/α-hetero) is 1. The minimum atomic E-state index is -2.37. The van der Waals surface area contributed by atoms with Crippen LogP contribution in [0, 0.1) is 73.9 Å². The summed E-state index contributed by atoms with van der Waals surface area (Å²) in [7, 11) is 0. The Kier molecular flexibility index (Phi) is 24.5. The number of benzene rings is 8. The van der Waals surface area contributed by atoms with Gasteiger partial charge >= 0.3 is 41.5 Å². The van der Waals surface area contributed by atoms with E-state index in [1.165, 1.54) is 13.8 Å². The number of aliphatic carboxylic acids is 3.